The van der Waals surface area contributed by atoms with Crippen LogP contribution in [0, 0.1) is 0 Å². The molecule has 0 aliphatic rings. The number of sulfonamides is 1. The van der Waals surface area contributed by atoms with Gasteiger partial charge in [-0.2, -0.15) is 0 Å². The zero-order valence-electron chi connectivity index (χ0n) is 9.90. The normalized spacial score (nSPS) is 11.9. The van der Waals surface area contributed by atoms with Crippen LogP contribution in [-0.2, 0) is 24.2 Å². The first-order valence-corrected chi connectivity index (χ1v) is 6.80. The van der Waals surface area contributed by atoms with E-state index in [0.717, 1.165) is 0 Å². The summed E-state index contributed by atoms with van der Waals surface area (Å²) >= 11 is 0. The Labute approximate surface area is 97.3 Å². The molecule has 0 saturated heterocycles. The van der Waals surface area contributed by atoms with Crippen LogP contribution in [0.3, 0.4) is 0 Å². The van der Waals surface area contributed by atoms with Crippen LogP contribution in [0.1, 0.15) is 6.42 Å². The number of methoxy groups -OCH3 is 2. The Morgan fingerprint density at radius 2 is 1.69 bits per heavy atom. The van der Waals surface area contributed by atoms with E-state index in [9.17, 15) is 8.42 Å². The molecule has 0 saturated carbocycles. The fourth-order valence-electron chi connectivity index (χ4n) is 0.929. The second-order valence-electron chi connectivity index (χ2n) is 3.16. The van der Waals surface area contributed by atoms with Gasteiger partial charge in [-0.1, -0.05) is 0 Å². The largest absolute Gasteiger partial charge is 0.385 e. The van der Waals surface area contributed by atoms with Crippen molar-refractivity contribution >= 4 is 10.0 Å². The average molecular weight is 255 g/mol. The van der Waals surface area contributed by atoms with Crippen molar-refractivity contribution in [1.82, 2.24) is 4.72 Å². The summed E-state index contributed by atoms with van der Waals surface area (Å²) in [6.07, 6.45) is 0.667. The second-order valence-corrected chi connectivity index (χ2v) is 5.09. The predicted octanol–water partition coefficient (Wildman–Crippen LogP) is -0.395. The van der Waals surface area contributed by atoms with Crippen molar-refractivity contribution in [2.24, 2.45) is 0 Å². The van der Waals surface area contributed by atoms with Gasteiger partial charge in [-0.15, -0.1) is 0 Å². The maximum Gasteiger partial charge on any atom is 0.213 e. The monoisotopic (exact) mass is 255 g/mol. The molecule has 16 heavy (non-hydrogen) atoms. The van der Waals surface area contributed by atoms with Crippen LogP contribution in [0.15, 0.2) is 0 Å². The molecule has 0 aromatic heterocycles. The maximum absolute atomic E-state index is 11.4. The van der Waals surface area contributed by atoms with Crippen molar-refractivity contribution in [3.63, 3.8) is 0 Å². The molecule has 0 aromatic rings. The molecule has 0 aliphatic carbocycles. The molecule has 98 valence electrons. The fourth-order valence-corrected chi connectivity index (χ4v) is 1.87. The van der Waals surface area contributed by atoms with E-state index in [1.807, 2.05) is 0 Å². The lowest BCUT2D eigenvalue weighted by Crippen LogP contribution is -2.30. The minimum absolute atomic E-state index is 0.0241. The van der Waals surface area contributed by atoms with Gasteiger partial charge in [0.15, 0.2) is 0 Å². The molecule has 0 amide bonds. The van der Waals surface area contributed by atoms with E-state index in [1.54, 1.807) is 14.2 Å². The summed E-state index contributed by atoms with van der Waals surface area (Å²) in [5, 5.41) is 0. The summed E-state index contributed by atoms with van der Waals surface area (Å²) in [5.74, 6) is -0.0241. The lowest BCUT2D eigenvalue weighted by atomic mass is 10.5. The first-order chi connectivity index (χ1) is 7.62. The van der Waals surface area contributed by atoms with Crippen molar-refractivity contribution in [2.45, 2.75) is 6.42 Å². The number of rotatable bonds is 11. The van der Waals surface area contributed by atoms with Gasteiger partial charge in [-0.3, -0.25) is 0 Å². The minimum Gasteiger partial charge on any atom is -0.385 e. The highest BCUT2D eigenvalue weighted by atomic mass is 32.2. The Kier molecular flexibility index (Phi) is 9.85. The molecule has 0 unspecified atom stereocenters. The van der Waals surface area contributed by atoms with Crippen molar-refractivity contribution in [3.8, 4) is 0 Å². The SMILES string of the molecule is COCCCNS(=O)(=O)CCOCCOC. The van der Waals surface area contributed by atoms with Gasteiger partial charge in [0.05, 0.1) is 25.6 Å². The van der Waals surface area contributed by atoms with Gasteiger partial charge < -0.3 is 14.2 Å². The summed E-state index contributed by atoms with van der Waals surface area (Å²) in [6, 6.07) is 0. The van der Waals surface area contributed by atoms with E-state index in [-0.39, 0.29) is 12.4 Å². The van der Waals surface area contributed by atoms with Gasteiger partial charge in [0, 0.05) is 27.4 Å². The molecular weight excluding hydrogens is 234 g/mol. The third-order valence-corrected chi connectivity index (χ3v) is 3.12. The van der Waals surface area contributed by atoms with E-state index >= 15 is 0 Å². The van der Waals surface area contributed by atoms with Crippen molar-refractivity contribution in [2.75, 3.05) is 52.9 Å². The van der Waals surface area contributed by atoms with Crippen molar-refractivity contribution in [3.05, 3.63) is 0 Å². The topological polar surface area (TPSA) is 73.9 Å². The molecule has 7 heteroatoms. The van der Waals surface area contributed by atoms with E-state index in [4.69, 9.17) is 14.2 Å². The number of ether oxygens (including phenoxy) is 3. The van der Waals surface area contributed by atoms with Crippen molar-refractivity contribution in [1.29, 1.82) is 0 Å². The van der Waals surface area contributed by atoms with Crippen LogP contribution in [0.2, 0.25) is 0 Å². The molecule has 0 radical (unpaired) electrons. The maximum atomic E-state index is 11.4. The lowest BCUT2D eigenvalue weighted by Gasteiger charge is -2.06. The van der Waals surface area contributed by atoms with Gasteiger partial charge in [0.25, 0.3) is 0 Å². The highest BCUT2D eigenvalue weighted by Crippen LogP contribution is 1.87. The Morgan fingerprint density at radius 1 is 1.00 bits per heavy atom. The zero-order valence-corrected chi connectivity index (χ0v) is 10.7. The van der Waals surface area contributed by atoms with E-state index in [2.05, 4.69) is 4.72 Å². The van der Waals surface area contributed by atoms with E-state index in [0.29, 0.717) is 32.8 Å². The molecule has 0 spiro atoms. The third-order valence-electron chi connectivity index (χ3n) is 1.78. The molecule has 0 aromatic carbocycles. The summed E-state index contributed by atoms with van der Waals surface area (Å²) in [7, 11) is -0.0722. The molecule has 0 heterocycles. The molecule has 0 fully saturated rings. The Balaban J connectivity index is 3.47. The van der Waals surface area contributed by atoms with Gasteiger partial charge in [-0.05, 0) is 6.42 Å². The highest BCUT2D eigenvalue weighted by molar-refractivity contribution is 7.89. The summed E-state index contributed by atoms with van der Waals surface area (Å²) in [4.78, 5) is 0. The molecule has 1 N–H and O–H groups in total. The zero-order chi connectivity index (χ0) is 12.3. The number of nitrogens with one attached hydrogen (secondary N) is 1. The van der Waals surface area contributed by atoms with Crippen LogP contribution >= 0.6 is 0 Å². The second kappa shape index (κ2) is 9.98. The Morgan fingerprint density at radius 3 is 2.31 bits per heavy atom. The van der Waals surface area contributed by atoms with E-state index in [1.165, 1.54) is 0 Å². The molecule has 0 bridgehead atoms. The molecule has 6 nitrogen and oxygen atoms in total. The van der Waals surface area contributed by atoms with Gasteiger partial charge >= 0.3 is 0 Å². The van der Waals surface area contributed by atoms with E-state index < -0.39 is 10.0 Å². The minimum atomic E-state index is -3.22. The summed E-state index contributed by atoms with van der Waals surface area (Å²) in [6.45, 7) is 2.01. The molecule has 0 aliphatic heterocycles. The van der Waals surface area contributed by atoms with Crippen LogP contribution < -0.4 is 4.72 Å². The number of hydrogen-bond donors (Lipinski definition) is 1. The third kappa shape index (κ3) is 10.3. The van der Waals surface area contributed by atoms with Crippen molar-refractivity contribution < 1.29 is 22.6 Å². The Hall–Kier alpha value is -0.210. The summed E-state index contributed by atoms with van der Waals surface area (Å²) in [5.41, 5.74) is 0. The molecular formula is C9H21NO5S. The van der Waals surface area contributed by atoms with Gasteiger partial charge in [0.2, 0.25) is 10.0 Å². The highest BCUT2D eigenvalue weighted by Gasteiger charge is 2.08. The van der Waals surface area contributed by atoms with Crippen LogP contribution in [0.5, 0.6) is 0 Å². The van der Waals surface area contributed by atoms with Crippen LogP contribution in [-0.4, -0.2) is 61.4 Å². The fraction of sp³-hybridized carbons (Fsp3) is 1.00. The average Bonchev–Trinajstić information content (AvgIpc) is 2.24. The standard InChI is InChI=1S/C9H21NO5S/c1-13-5-3-4-10-16(11,12)9-8-15-7-6-14-2/h10H,3-9H2,1-2H3. The predicted molar refractivity (Wildman–Crippen MR) is 61.0 cm³/mol. The Bertz CT molecular complexity index is 242. The smallest absolute Gasteiger partial charge is 0.213 e. The summed E-state index contributed by atoms with van der Waals surface area (Å²) < 4.78 is 39.8. The molecule has 0 rings (SSSR count). The first kappa shape index (κ1) is 15.8. The first-order valence-electron chi connectivity index (χ1n) is 5.15. The van der Waals surface area contributed by atoms with Gasteiger partial charge in [-0.25, -0.2) is 13.1 Å². The van der Waals surface area contributed by atoms with Crippen LogP contribution in [0.4, 0.5) is 0 Å². The van der Waals surface area contributed by atoms with Crippen LogP contribution in [0.25, 0.3) is 0 Å². The van der Waals surface area contributed by atoms with Gasteiger partial charge in [0.1, 0.15) is 0 Å². The number of hydrogen-bond acceptors (Lipinski definition) is 5. The quantitative estimate of drug-likeness (QED) is 0.509. The molecule has 0 atom stereocenters. The lowest BCUT2D eigenvalue weighted by molar-refractivity contribution is 0.0784.